The number of benzene rings is 1. The molecule has 1 fully saturated rings. The second-order valence-electron chi connectivity index (χ2n) is 6.15. The van der Waals surface area contributed by atoms with Crippen LogP contribution in [-0.4, -0.2) is 49.6 Å². The Kier molecular flexibility index (Phi) is 4.08. The molecule has 0 bridgehead atoms. The van der Waals surface area contributed by atoms with Crippen LogP contribution in [-0.2, 0) is 16.4 Å². The van der Waals surface area contributed by atoms with Crippen LogP contribution in [0.15, 0.2) is 24.3 Å². The van der Waals surface area contributed by atoms with Crippen molar-refractivity contribution in [3.05, 3.63) is 35.4 Å². The quantitative estimate of drug-likeness (QED) is 0.858. The summed E-state index contributed by atoms with van der Waals surface area (Å²) in [5.74, 6) is 0. The molecule has 3 rings (SSSR count). The number of nitrogens with zero attached hydrogens (tertiary/aromatic N) is 2. The Balaban J connectivity index is 1.87. The molecule has 0 aliphatic carbocycles. The molecule has 2 aliphatic heterocycles. The van der Waals surface area contributed by atoms with E-state index < -0.39 is 10.0 Å². The third-order valence-electron chi connectivity index (χ3n) is 4.91. The fraction of sp³-hybridized carbons (Fsp3) is 0.625. The molecule has 2 aliphatic rings. The van der Waals surface area contributed by atoms with Crippen molar-refractivity contribution in [1.82, 2.24) is 9.21 Å². The molecule has 0 amide bonds. The first kappa shape index (κ1) is 15.0. The van der Waals surface area contributed by atoms with E-state index in [0.29, 0.717) is 12.6 Å². The molecule has 1 aromatic carbocycles. The van der Waals surface area contributed by atoms with Gasteiger partial charge in [0.05, 0.1) is 6.26 Å². The maximum Gasteiger partial charge on any atom is 0.211 e. The summed E-state index contributed by atoms with van der Waals surface area (Å²) < 4.78 is 25.6. The van der Waals surface area contributed by atoms with Gasteiger partial charge in [-0.1, -0.05) is 31.2 Å². The average molecular weight is 308 g/mol. The van der Waals surface area contributed by atoms with Crippen LogP contribution < -0.4 is 0 Å². The van der Waals surface area contributed by atoms with Crippen LogP contribution in [0.5, 0.6) is 0 Å². The molecule has 0 aromatic heterocycles. The number of fused-ring (bicyclic) bond motifs is 3. The Bertz CT molecular complexity index is 614. The lowest BCUT2D eigenvalue weighted by atomic mass is 9.85. The van der Waals surface area contributed by atoms with Crippen molar-refractivity contribution < 1.29 is 8.42 Å². The molecule has 1 unspecified atom stereocenters. The second-order valence-corrected chi connectivity index (χ2v) is 8.08. The third-order valence-corrected chi connectivity index (χ3v) is 6.32. The Labute approximate surface area is 127 Å². The molecule has 1 aromatic rings. The molecule has 4 nitrogen and oxygen atoms in total. The molecule has 0 radical (unpaired) electrons. The minimum atomic E-state index is -3.11. The zero-order valence-corrected chi connectivity index (χ0v) is 13.6. The minimum absolute atomic E-state index is 0.136. The number of piperidine rings is 1. The van der Waals surface area contributed by atoms with Crippen molar-refractivity contribution in [1.29, 1.82) is 0 Å². The summed E-state index contributed by atoms with van der Waals surface area (Å²) in [7, 11) is -3.11. The molecule has 21 heavy (non-hydrogen) atoms. The molecular formula is C16H24N2O2S. The van der Waals surface area contributed by atoms with Crippen LogP contribution in [0.4, 0.5) is 0 Å². The molecule has 116 valence electrons. The van der Waals surface area contributed by atoms with E-state index in [0.717, 1.165) is 32.4 Å². The summed E-state index contributed by atoms with van der Waals surface area (Å²) in [6, 6.07) is 9.14. The van der Waals surface area contributed by atoms with Gasteiger partial charge in [-0.25, -0.2) is 8.42 Å². The first-order chi connectivity index (χ1) is 10.0. The summed E-state index contributed by atoms with van der Waals surface area (Å²) in [6.45, 7) is 4.59. The van der Waals surface area contributed by atoms with Crippen LogP contribution in [0, 0.1) is 0 Å². The molecular weight excluding hydrogens is 284 g/mol. The summed E-state index contributed by atoms with van der Waals surface area (Å²) in [5.41, 5.74) is 2.83. The van der Waals surface area contributed by atoms with Crippen LogP contribution in [0.25, 0.3) is 0 Å². The highest BCUT2D eigenvalue weighted by atomic mass is 32.2. The van der Waals surface area contributed by atoms with Gasteiger partial charge in [-0.05, 0) is 30.4 Å². The van der Waals surface area contributed by atoms with Crippen LogP contribution >= 0.6 is 0 Å². The van der Waals surface area contributed by atoms with Gasteiger partial charge in [-0.2, -0.15) is 4.31 Å². The van der Waals surface area contributed by atoms with Gasteiger partial charge >= 0.3 is 0 Å². The Morgan fingerprint density at radius 2 is 2.05 bits per heavy atom. The van der Waals surface area contributed by atoms with Crippen molar-refractivity contribution in [2.75, 3.05) is 25.9 Å². The molecule has 1 saturated heterocycles. The largest absolute Gasteiger partial charge is 0.296 e. The maximum absolute atomic E-state index is 12.0. The van der Waals surface area contributed by atoms with E-state index in [1.54, 1.807) is 4.31 Å². The van der Waals surface area contributed by atoms with Gasteiger partial charge in [0, 0.05) is 31.7 Å². The molecule has 5 heteroatoms. The monoisotopic (exact) mass is 308 g/mol. The second kappa shape index (κ2) is 5.71. The van der Waals surface area contributed by atoms with E-state index in [4.69, 9.17) is 0 Å². The van der Waals surface area contributed by atoms with Gasteiger partial charge in [0.1, 0.15) is 0 Å². The number of hydrogen-bond acceptors (Lipinski definition) is 3. The SMILES string of the molecule is CCN([C@@H]1CCN2CCc3ccccc3C2C1)S(C)(=O)=O. The van der Waals surface area contributed by atoms with E-state index in [-0.39, 0.29) is 6.04 Å². The van der Waals surface area contributed by atoms with Crippen molar-refractivity contribution in [3.63, 3.8) is 0 Å². The zero-order valence-electron chi connectivity index (χ0n) is 12.8. The lowest BCUT2D eigenvalue weighted by molar-refractivity contribution is 0.0922. The highest BCUT2D eigenvalue weighted by Crippen LogP contribution is 2.38. The Morgan fingerprint density at radius 3 is 2.76 bits per heavy atom. The molecule has 0 saturated carbocycles. The fourth-order valence-electron chi connectivity index (χ4n) is 3.96. The van der Waals surface area contributed by atoms with E-state index in [1.165, 1.54) is 17.4 Å². The molecule has 0 spiro atoms. The zero-order chi connectivity index (χ0) is 15.0. The smallest absolute Gasteiger partial charge is 0.211 e. The minimum Gasteiger partial charge on any atom is -0.296 e. The van der Waals surface area contributed by atoms with Crippen LogP contribution in [0.1, 0.15) is 36.9 Å². The van der Waals surface area contributed by atoms with Gasteiger partial charge in [0.25, 0.3) is 0 Å². The number of sulfonamides is 1. The molecule has 2 heterocycles. The van der Waals surface area contributed by atoms with Crippen molar-refractivity contribution in [2.24, 2.45) is 0 Å². The lowest BCUT2D eigenvalue weighted by Gasteiger charge is -2.45. The first-order valence-corrected chi connectivity index (χ1v) is 9.64. The third kappa shape index (κ3) is 2.87. The maximum atomic E-state index is 12.0. The van der Waals surface area contributed by atoms with Gasteiger partial charge in [0.2, 0.25) is 10.0 Å². The van der Waals surface area contributed by atoms with Crippen molar-refractivity contribution in [3.8, 4) is 0 Å². The highest BCUT2D eigenvalue weighted by molar-refractivity contribution is 7.88. The van der Waals surface area contributed by atoms with Crippen LogP contribution in [0.3, 0.4) is 0 Å². The van der Waals surface area contributed by atoms with Crippen molar-refractivity contribution >= 4 is 10.0 Å². The van der Waals surface area contributed by atoms with Gasteiger partial charge in [-0.15, -0.1) is 0 Å². The van der Waals surface area contributed by atoms with Crippen LogP contribution in [0.2, 0.25) is 0 Å². The predicted octanol–water partition coefficient (Wildman–Crippen LogP) is 2.03. The van der Waals surface area contributed by atoms with Crippen molar-refractivity contribution in [2.45, 2.75) is 38.3 Å². The topological polar surface area (TPSA) is 40.6 Å². The van der Waals surface area contributed by atoms with E-state index >= 15 is 0 Å². The van der Waals surface area contributed by atoms with E-state index in [2.05, 4.69) is 29.2 Å². The molecule has 2 atom stereocenters. The summed E-state index contributed by atoms with van der Waals surface area (Å²) in [4.78, 5) is 2.52. The van der Waals surface area contributed by atoms with E-state index in [1.807, 2.05) is 6.92 Å². The van der Waals surface area contributed by atoms with Gasteiger partial charge in [0.15, 0.2) is 0 Å². The predicted molar refractivity (Wildman–Crippen MR) is 84.7 cm³/mol. The standard InChI is InChI=1S/C16H24N2O2S/c1-3-18(21(2,19)20)14-9-11-17-10-8-13-6-4-5-7-15(13)16(17)12-14/h4-7,14,16H,3,8-12H2,1-2H3/t14-,16?/m1/s1. The Morgan fingerprint density at radius 1 is 1.29 bits per heavy atom. The van der Waals surface area contributed by atoms with Gasteiger partial charge in [-0.3, -0.25) is 4.90 Å². The first-order valence-electron chi connectivity index (χ1n) is 7.79. The average Bonchev–Trinajstić information content (AvgIpc) is 2.46. The number of hydrogen-bond donors (Lipinski definition) is 0. The van der Waals surface area contributed by atoms with E-state index in [9.17, 15) is 8.42 Å². The van der Waals surface area contributed by atoms with Gasteiger partial charge < -0.3 is 0 Å². The summed E-state index contributed by atoms with van der Waals surface area (Å²) in [5, 5.41) is 0. The normalized spacial score (nSPS) is 26.4. The Hall–Kier alpha value is -0.910. The fourth-order valence-corrected chi connectivity index (χ4v) is 5.16. The lowest BCUT2D eigenvalue weighted by Crippen LogP contribution is -2.49. The summed E-state index contributed by atoms with van der Waals surface area (Å²) in [6.07, 6.45) is 4.30. The number of rotatable bonds is 3. The molecule has 0 N–H and O–H groups in total. The highest BCUT2D eigenvalue weighted by Gasteiger charge is 2.37. The summed E-state index contributed by atoms with van der Waals surface area (Å²) >= 11 is 0.